The number of hydrogen-bond donors (Lipinski definition) is 1. The van der Waals surface area contributed by atoms with Gasteiger partial charge < -0.3 is 5.11 Å². The Bertz CT molecular complexity index is 900. The standard InChI is InChI=1S/C20H23FN4O2/c21-18-6-2-1-4-15(18)13-25-10-9-24(14-17(25)8-11-26)12-16-5-3-7-19-20(16)23-27-22-19/h1-7,17,26H,8-14H2/t17-/m0/s1. The first-order valence-corrected chi connectivity index (χ1v) is 9.25. The fourth-order valence-electron chi connectivity index (χ4n) is 3.81. The number of hydrogen-bond acceptors (Lipinski definition) is 6. The summed E-state index contributed by atoms with van der Waals surface area (Å²) in [4.78, 5) is 4.62. The average molecular weight is 370 g/mol. The van der Waals surface area contributed by atoms with E-state index in [2.05, 4.69) is 20.1 Å². The Morgan fingerprint density at radius 3 is 2.74 bits per heavy atom. The molecule has 0 spiro atoms. The predicted octanol–water partition coefficient (Wildman–Crippen LogP) is 2.43. The number of piperazine rings is 1. The van der Waals surface area contributed by atoms with Gasteiger partial charge in [0.15, 0.2) is 0 Å². The summed E-state index contributed by atoms with van der Waals surface area (Å²) in [6.07, 6.45) is 0.667. The average Bonchev–Trinajstić information content (AvgIpc) is 3.16. The molecule has 0 saturated carbocycles. The van der Waals surface area contributed by atoms with E-state index in [1.807, 2.05) is 30.3 Å². The van der Waals surface area contributed by atoms with Crippen LogP contribution < -0.4 is 0 Å². The van der Waals surface area contributed by atoms with Crippen molar-refractivity contribution in [1.29, 1.82) is 0 Å². The van der Waals surface area contributed by atoms with Crippen LogP contribution in [-0.4, -0.2) is 57.5 Å². The molecule has 1 aromatic heterocycles. The van der Waals surface area contributed by atoms with Gasteiger partial charge in [-0.1, -0.05) is 30.3 Å². The molecule has 1 aliphatic heterocycles. The van der Waals surface area contributed by atoms with Crippen LogP contribution in [0, 0.1) is 5.82 Å². The van der Waals surface area contributed by atoms with E-state index in [0.29, 0.717) is 18.5 Å². The molecule has 1 saturated heterocycles. The largest absolute Gasteiger partial charge is 0.396 e. The summed E-state index contributed by atoms with van der Waals surface area (Å²) in [6.45, 7) is 3.95. The van der Waals surface area contributed by atoms with Gasteiger partial charge in [-0.2, -0.15) is 0 Å². The molecule has 0 aliphatic carbocycles. The van der Waals surface area contributed by atoms with Crippen LogP contribution in [0.5, 0.6) is 0 Å². The molecule has 1 fully saturated rings. The highest BCUT2D eigenvalue weighted by Crippen LogP contribution is 2.22. The van der Waals surface area contributed by atoms with Crippen molar-refractivity contribution in [2.24, 2.45) is 0 Å². The molecule has 0 radical (unpaired) electrons. The van der Waals surface area contributed by atoms with Gasteiger partial charge in [-0.3, -0.25) is 9.80 Å². The lowest BCUT2D eigenvalue weighted by molar-refractivity contribution is 0.0494. The van der Waals surface area contributed by atoms with Crippen molar-refractivity contribution in [3.05, 3.63) is 59.4 Å². The molecule has 7 heteroatoms. The van der Waals surface area contributed by atoms with Crippen LogP contribution in [0.15, 0.2) is 47.1 Å². The van der Waals surface area contributed by atoms with E-state index in [1.54, 1.807) is 6.07 Å². The van der Waals surface area contributed by atoms with E-state index in [0.717, 1.165) is 42.8 Å². The van der Waals surface area contributed by atoms with Gasteiger partial charge in [-0.05, 0) is 34.4 Å². The van der Waals surface area contributed by atoms with Gasteiger partial charge in [0.05, 0.1) is 0 Å². The van der Waals surface area contributed by atoms with Gasteiger partial charge in [0.1, 0.15) is 16.9 Å². The highest BCUT2D eigenvalue weighted by Gasteiger charge is 2.27. The maximum absolute atomic E-state index is 14.0. The van der Waals surface area contributed by atoms with E-state index >= 15 is 0 Å². The third kappa shape index (κ3) is 4.00. The zero-order valence-electron chi connectivity index (χ0n) is 15.1. The monoisotopic (exact) mass is 370 g/mol. The van der Waals surface area contributed by atoms with Crippen LogP contribution in [-0.2, 0) is 13.1 Å². The number of aliphatic hydroxyl groups is 1. The Kier molecular flexibility index (Phi) is 5.42. The second-order valence-electron chi connectivity index (χ2n) is 7.01. The molecule has 2 aromatic carbocycles. The maximum Gasteiger partial charge on any atom is 0.139 e. The summed E-state index contributed by atoms with van der Waals surface area (Å²) in [5.74, 6) is -0.173. The lowest BCUT2D eigenvalue weighted by Gasteiger charge is -2.41. The molecule has 142 valence electrons. The van der Waals surface area contributed by atoms with Crippen LogP contribution >= 0.6 is 0 Å². The van der Waals surface area contributed by atoms with Crippen molar-refractivity contribution in [1.82, 2.24) is 20.1 Å². The Balaban J connectivity index is 1.46. The van der Waals surface area contributed by atoms with E-state index in [4.69, 9.17) is 4.63 Å². The molecular weight excluding hydrogens is 347 g/mol. The van der Waals surface area contributed by atoms with Crippen molar-refractivity contribution in [3.63, 3.8) is 0 Å². The van der Waals surface area contributed by atoms with Crippen LogP contribution in [0.2, 0.25) is 0 Å². The Labute approximate surface area is 157 Å². The fourth-order valence-corrected chi connectivity index (χ4v) is 3.81. The zero-order chi connectivity index (χ0) is 18.6. The summed E-state index contributed by atoms with van der Waals surface area (Å²) < 4.78 is 18.9. The van der Waals surface area contributed by atoms with E-state index in [1.165, 1.54) is 6.07 Å². The van der Waals surface area contributed by atoms with Crippen molar-refractivity contribution < 1.29 is 14.1 Å². The lowest BCUT2D eigenvalue weighted by Crippen LogP contribution is -2.52. The molecule has 27 heavy (non-hydrogen) atoms. The molecule has 3 aromatic rings. The van der Waals surface area contributed by atoms with Crippen molar-refractivity contribution in [2.45, 2.75) is 25.6 Å². The van der Waals surface area contributed by atoms with Gasteiger partial charge in [0.2, 0.25) is 0 Å². The molecule has 0 bridgehead atoms. The summed E-state index contributed by atoms with van der Waals surface area (Å²) in [6, 6.07) is 13.0. The molecule has 1 atom stereocenters. The summed E-state index contributed by atoms with van der Waals surface area (Å²) >= 11 is 0. The number of rotatable bonds is 6. The second-order valence-corrected chi connectivity index (χ2v) is 7.01. The zero-order valence-corrected chi connectivity index (χ0v) is 15.1. The minimum atomic E-state index is -0.173. The molecule has 0 unspecified atom stereocenters. The first-order chi connectivity index (χ1) is 13.2. The first kappa shape index (κ1) is 18.0. The predicted molar refractivity (Wildman–Crippen MR) is 99.4 cm³/mol. The number of halogens is 1. The van der Waals surface area contributed by atoms with Gasteiger partial charge in [0.25, 0.3) is 0 Å². The number of aliphatic hydroxyl groups excluding tert-OH is 1. The fraction of sp³-hybridized carbons (Fsp3) is 0.400. The van der Waals surface area contributed by atoms with Gasteiger partial charge in [-0.15, -0.1) is 0 Å². The molecule has 0 amide bonds. The normalized spacial score (nSPS) is 19.0. The van der Waals surface area contributed by atoms with Crippen molar-refractivity contribution >= 4 is 11.0 Å². The summed E-state index contributed by atoms with van der Waals surface area (Å²) in [7, 11) is 0. The third-order valence-electron chi connectivity index (χ3n) is 5.25. The first-order valence-electron chi connectivity index (χ1n) is 9.25. The summed E-state index contributed by atoms with van der Waals surface area (Å²) in [5, 5.41) is 17.4. The van der Waals surface area contributed by atoms with Crippen molar-refractivity contribution in [2.75, 3.05) is 26.2 Å². The molecular formula is C20H23FN4O2. The highest BCUT2D eigenvalue weighted by atomic mass is 19.1. The SMILES string of the molecule is OCC[C@H]1CN(Cc2cccc3nonc23)CCN1Cc1ccccc1F. The van der Waals surface area contributed by atoms with Crippen LogP contribution in [0.1, 0.15) is 17.5 Å². The number of aromatic nitrogens is 2. The van der Waals surface area contributed by atoms with Gasteiger partial charge in [0, 0.05) is 50.9 Å². The number of benzene rings is 2. The third-order valence-corrected chi connectivity index (χ3v) is 5.25. The number of fused-ring (bicyclic) bond motifs is 1. The Hall–Kier alpha value is -2.35. The highest BCUT2D eigenvalue weighted by molar-refractivity contribution is 5.76. The minimum Gasteiger partial charge on any atom is -0.396 e. The molecule has 1 aliphatic rings. The van der Waals surface area contributed by atoms with E-state index in [-0.39, 0.29) is 18.5 Å². The molecule has 2 heterocycles. The van der Waals surface area contributed by atoms with Gasteiger partial charge in [-0.25, -0.2) is 9.02 Å². The van der Waals surface area contributed by atoms with Crippen molar-refractivity contribution in [3.8, 4) is 0 Å². The van der Waals surface area contributed by atoms with E-state index < -0.39 is 0 Å². The molecule has 6 nitrogen and oxygen atoms in total. The topological polar surface area (TPSA) is 65.6 Å². The smallest absolute Gasteiger partial charge is 0.139 e. The van der Waals surface area contributed by atoms with E-state index in [9.17, 15) is 9.50 Å². The minimum absolute atomic E-state index is 0.120. The Morgan fingerprint density at radius 2 is 1.89 bits per heavy atom. The maximum atomic E-state index is 14.0. The van der Waals surface area contributed by atoms with Gasteiger partial charge >= 0.3 is 0 Å². The van der Waals surface area contributed by atoms with Crippen LogP contribution in [0.25, 0.3) is 11.0 Å². The summed E-state index contributed by atoms with van der Waals surface area (Å²) in [5.41, 5.74) is 3.34. The van der Waals surface area contributed by atoms with Crippen LogP contribution in [0.4, 0.5) is 4.39 Å². The molecule has 1 N–H and O–H groups in total. The quantitative estimate of drug-likeness (QED) is 0.719. The Morgan fingerprint density at radius 1 is 1.04 bits per heavy atom. The van der Waals surface area contributed by atoms with Crippen LogP contribution in [0.3, 0.4) is 0 Å². The lowest BCUT2D eigenvalue weighted by atomic mass is 10.1. The molecule has 4 rings (SSSR count). The number of nitrogens with zero attached hydrogens (tertiary/aromatic N) is 4. The second kappa shape index (κ2) is 8.12.